The van der Waals surface area contributed by atoms with E-state index in [1.54, 1.807) is 44.5 Å². The standard InChI is InChI=1S/C18H22FN3O2.HI/c1-20-18(22(2)12-13-4-6-15(19)7-5-13)21-11-14-10-16(24-3)8-9-17(14)23;/h4-10,23H,11-12H2,1-3H3,(H,20,21);1H. The number of methoxy groups -OCH3 is 1. The maximum Gasteiger partial charge on any atom is 0.193 e. The normalized spacial score (nSPS) is 10.8. The van der Waals surface area contributed by atoms with E-state index < -0.39 is 0 Å². The predicted octanol–water partition coefficient (Wildman–Crippen LogP) is 3.37. The fourth-order valence-corrected chi connectivity index (χ4v) is 2.33. The van der Waals surface area contributed by atoms with Crippen LogP contribution in [0.3, 0.4) is 0 Å². The van der Waals surface area contributed by atoms with Gasteiger partial charge in [0.2, 0.25) is 0 Å². The number of ether oxygens (including phenoxy) is 1. The van der Waals surface area contributed by atoms with Gasteiger partial charge in [-0.3, -0.25) is 4.99 Å². The molecule has 0 radical (unpaired) electrons. The summed E-state index contributed by atoms with van der Waals surface area (Å²) in [4.78, 5) is 6.15. The van der Waals surface area contributed by atoms with Crippen molar-refractivity contribution in [3.8, 4) is 11.5 Å². The summed E-state index contributed by atoms with van der Waals surface area (Å²) in [5.41, 5.74) is 1.69. The Morgan fingerprint density at radius 1 is 1.24 bits per heavy atom. The van der Waals surface area contributed by atoms with Crippen LogP contribution in [0.2, 0.25) is 0 Å². The Kier molecular flexibility index (Phi) is 8.47. The van der Waals surface area contributed by atoms with Gasteiger partial charge in [0.15, 0.2) is 5.96 Å². The fraction of sp³-hybridized carbons (Fsp3) is 0.278. The first-order valence-electron chi connectivity index (χ1n) is 7.55. The van der Waals surface area contributed by atoms with Gasteiger partial charge in [0, 0.05) is 32.7 Å². The molecule has 0 spiro atoms. The molecule has 7 heteroatoms. The molecular weight excluding hydrogens is 436 g/mol. The van der Waals surface area contributed by atoms with E-state index in [9.17, 15) is 9.50 Å². The van der Waals surface area contributed by atoms with E-state index in [-0.39, 0.29) is 35.5 Å². The Hall–Kier alpha value is -2.03. The maximum absolute atomic E-state index is 13.0. The summed E-state index contributed by atoms with van der Waals surface area (Å²) < 4.78 is 18.1. The second-order valence-electron chi connectivity index (χ2n) is 5.38. The van der Waals surface area contributed by atoms with Crippen molar-refractivity contribution in [1.29, 1.82) is 0 Å². The molecule has 0 bridgehead atoms. The van der Waals surface area contributed by atoms with Gasteiger partial charge in [0.05, 0.1) is 7.11 Å². The highest BCUT2D eigenvalue weighted by atomic mass is 127. The van der Waals surface area contributed by atoms with Gasteiger partial charge in [0.1, 0.15) is 17.3 Å². The van der Waals surface area contributed by atoms with Crippen LogP contribution in [0.4, 0.5) is 4.39 Å². The highest BCUT2D eigenvalue weighted by Gasteiger charge is 2.09. The summed E-state index contributed by atoms with van der Waals surface area (Å²) in [5.74, 6) is 1.29. The van der Waals surface area contributed by atoms with Gasteiger partial charge in [-0.05, 0) is 35.9 Å². The maximum atomic E-state index is 13.0. The van der Waals surface area contributed by atoms with E-state index in [1.807, 2.05) is 11.9 Å². The monoisotopic (exact) mass is 459 g/mol. The zero-order valence-corrected chi connectivity index (χ0v) is 16.8. The van der Waals surface area contributed by atoms with Crippen molar-refractivity contribution in [2.75, 3.05) is 21.2 Å². The lowest BCUT2D eigenvalue weighted by Crippen LogP contribution is -2.38. The van der Waals surface area contributed by atoms with Gasteiger partial charge in [-0.1, -0.05) is 12.1 Å². The molecule has 0 heterocycles. The van der Waals surface area contributed by atoms with Crippen LogP contribution in [0, 0.1) is 5.82 Å². The first-order valence-corrected chi connectivity index (χ1v) is 7.55. The molecule has 25 heavy (non-hydrogen) atoms. The van der Waals surface area contributed by atoms with E-state index >= 15 is 0 Å². The molecule has 2 aromatic rings. The lowest BCUT2D eigenvalue weighted by atomic mass is 10.2. The third-order valence-corrected chi connectivity index (χ3v) is 3.63. The molecule has 5 nitrogen and oxygen atoms in total. The highest BCUT2D eigenvalue weighted by Crippen LogP contribution is 2.22. The zero-order valence-electron chi connectivity index (χ0n) is 14.5. The largest absolute Gasteiger partial charge is 0.508 e. The van der Waals surface area contributed by atoms with Gasteiger partial charge in [0.25, 0.3) is 0 Å². The van der Waals surface area contributed by atoms with Gasteiger partial charge in [-0.2, -0.15) is 0 Å². The number of guanidine groups is 1. The first kappa shape index (κ1) is 21.0. The number of nitrogens with one attached hydrogen (secondary N) is 1. The van der Waals surface area contributed by atoms with E-state index in [0.717, 1.165) is 5.56 Å². The minimum Gasteiger partial charge on any atom is -0.508 e. The molecular formula is C18H23FIN3O2. The summed E-state index contributed by atoms with van der Waals surface area (Å²) in [6.45, 7) is 0.994. The second kappa shape index (κ2) is 10.1. The van der Waals surface area contributed by atoms with Crippen molar-refractivity contribution in [3.63, 3.8) is 0 Å². The minimum absolute atomic E-state index is 0. The van der Waals surface area contributed by atoms with Crippen LogP contribution in [0.5, 0.6) is 11.5 Å². The van der Waals surface area contributed by atoms with Crippen LogP contribution in [-0.4, -0.2) is 37.2 Å². The van der Waals surface area contributed by atoms with Gasteiger partial charge in [-0.15, -0.1) is 24.0 Å². The van der Waals surface area contributed by atoms with Crippen molar-refractivity contribution in [2.24, 2.45) is 4.99 Å². The van der Waals surface area contributed by atoms with E-state index in [0.29, 0.717) is 30.4 Å². The Bertz CT molecular complexity index is 708. The molecule has 2 N–H and O–H groups in total. The second-order valence-corrected chi connectivity index (χ2v) is 5.38. The number of rotatable bonds is 5. The first-order chi connectivity index (χ1) is 11.5. The number of hydrogen-bond donors (Lipinski definition) is 2. The molecule has 0 atom stereocenters. The number of aromatic hydroxyl groups is 1. The third-order valence-electron chi connectivity index (χ3n) is 3.63. The molecule has 2 rings (SSSR count). The van der Waals surface area contributed by atoms with Crippen LogP contribution in [0.15, 0.2) is 47.5 Å². The molecule has 0 aromatic heterocycles. The number of halogens is 2. The van der Waals surface area contributed by atoms with Crippen LogP contribution < -0.4 is 10.1 Å². The lowest BCUT2D eigenvalue weighted by Gasteiger charge is -2.22. The van der Waals surface area contributed by atoms with E-state index in [4.69, 9.17) is 4.74 Å². The van der Waals surface area contributed by atoms with Crippen LogP contribution in [-0.2, 0) is 13.1 Å². The lowest BCUT2D eigenvalue weighted by molar-refractivity contribution is 0.410. The molecule has 136 valence electrons. The molecule has 0 amide bonds. The molecule has 0 aliphatic rings. The molecule has 0 saturated carbocycles. The summed E-state index contributed by atoms with van der Waals surface area (Å²) >= 11 is 0. The number of phenols is 1. The number of benzene rings is 2. The molecule has 0 aliphatic heterocycles. The number of phenolic OH excluding ortho intramolecular Hbond substituents is 1. The van der Waals surface area contributed by atoms with Crippen molar-refractivity contribution in [2.45, 2.75) is 13.1 Å². The van der Waals surface area contributed by atoms with Crippen molar-refractivity contribution in [1.82, 2.24) is 10.2 Å². The SMILES string of the molecule is CN=C(NCc1cc(OC)ccc1O)N(C)Cc1ccc(F)cc1.I. The van der Waals surface area contributed by atoms with E-state index in [1.165, 1.54) is 12.1 Å². The Labute approximate surface area is 164 Å². The number of aliphatic imine (C=N–C) groups is 1. The number of nitrogens with zero attached hydrogens (tertiary/aromatic N) is 2. The van der Waals surface area contributed by atoms with Crippen molar-refractivity contribution in [3.05, 3.63) is 59.4 Å². The summed E-state index contributed by atoms with van der Waals surface area (Å²) in [6, 6.07) is 11.4. The van der Waals surface area contributed by atoms with Gasteiger partial charge >= 0.3 is 0 Å². The summed E-state index contributed by atoms with van der Waals surface area (Å²) in [5, 5.41) is 13.1. The molecule has 0 saturated heterocycles. The topological polar surface area (TPSA) is 57.1 Å². The average Bonchev–Trinajstić information content (AvgIpc) is 2.59. The average molecular weight is 459 g/mol. The van der Waals surface area contributed by atoms with Crippen LogP contribution >= 0.6 is 24.0 Å². The third kappa shape index (κ3) is 6.08. The quantitative estimate of drug-likeness (QED) is 0.409. The summed E-state index contributed by atoms with van der Waals surface area (Å²) in [7, 11) is 5.16. The van der Waals surface area contributed by atoms with E-state index in [2.05, 4.69) is 10.3 Å². The Morgan fingerprint density at radius 2 is 1.92 bits per heavy atom. The molecule has 0 fully saturated rings. The molecule has 0 aliphatic carbocycles. The minimum atomic E-state index is -0.252. The van der Waals surface area contributed by atoms with Crippen molar-refractivity contribution >= 4 is 29.9 Å². The Morgan fingerprint density at radius 3 is 2.52 bits per heavy atom. The van der Waals surface area contributed by atoms with Gasteiger partial charge < -0.3 is 20.1 Å². The van der Waals surface area contributed by atoms with Gasteiger partial charge in [-0.25, -0.2) is 4.39 Å². The fourth-order valence-electron chi connectivity index (χ4n) is 2.33. The number of hydrogen-bond acceptors (Lipinski definition) is 3. The highest BCUT2D eigenvalue weighted by molar-refractivity contribution is 14.0. The predicted molar refractivity (Wildman–Crippen MR) is 108 cm³/mol. The smallest absolute Gasteiger partial charge is 0.193 e. The zero-order chi connectivity index (χ0) is 17.5. The van der Waals surface area contributed by atoms with Crippen LogP contribution in [0.25, 0.3) is 0 Å². The molecule has 0 unspecified atom stereocenters. The Balaban J connectivity index is 0.00000312. The van der Waals surface area contributed by atoms with Crippen LogP contribution in [0.1, 0.15) is 11.1 Å². The molecule has 2 aromatic carbocycles. The summed E-state index contributed by atoms with van der Waals surface area (Å²) in [6.07, 6.45) is 0. The van der Waals surface area contributed by atoms with Crippen molar-refractivity contribution < 1.29 is 14.2 Å².